The van der Waals surface area contributed by atoms with Crippen LogP contribution in [0.4, 0.5) is 4.79 Å². The number of hydrogen-bond acceptors (Lipinski definition) is 5. The van der Waals surface area contributed by atoms with Crippen molar-refractivity contribution in [1.29, 1.82) is 0 Å². The molecule has 7 nitrogen and oxygen atoms in total. The van der Waals surface area contributed by atoms with Crippen LogP contribution in [0.5, 0.6) is 0 Å². The molecule has 3 rings (SSSR count). The minimum Gasteiger partial charge on any atom is -0.453 e. The second-order valence-electron chi connectivity index (χ2n) is 5.44. The number of nitrogens with zero attached hydrogens (tertiary/aromatic N) is 3. The number of carbonyl (C=O) groups is 1. The van der Waals surface area contributed by atoms with Gasteiger partial charge in [0.05, 0.1) is 7.11 Å². The molecule has 0 bridgehead atoms. The number of methoxy groups -OCH3 is 1. The van der Waals surface area contributed by atoms with Crippen molar-refractivity contribution in [3.05, 3.63) is 48.2 Å². The molecule has 0 aliphatic heterocycles. The van der Waals surface area contributed by atoms with E-state index in [0.29, 0.717) is 31.1 Å². The van der Waals surface area contributed by atoms with Crippen molar-refractivity contribution in [3.63, 3.8) is 0 Å². The van der Waals surface area contributed by atoms with Gasteiger partial charge in [-0.1, -0.05) is 23.4 Å². The molecule has 2 heterocycles. The fourth-order valence-corrected chi connectivity index (χ4v) is 2.55. The number of benzene rings is 1. The quantitative estimate of drug-likeness (QED) is 0.674. The van der Waals surface area contributed by atoms with Gasteiger partial charge >= 0.3 is 6.09 Å². The van der Waals surface area contributed by atoms with Crippen LogP contribution >= 0.6 is 0 Å². The summed E-state index contributed by atoms with van der Waals surface area (Å²) in [7, 11) is 1.34. The van der Waals surface area contributed by atoms with Crippen molar-refractivity contribution in [2.75, 3.05) is 13.7 Å². The van der Waals surface area contributed by atoms with Crippen LogP contribution in [0.1, 0.15) is 18.1 Å². The molecule has 0 saturated heterocycles. The molecule has 0 unspecified atom stereocenters. The van der Waals surface area contributed by atoms with Gasteiger partial charge in [0.1, 0.15) is 0 Å². The second-order valence-corrected chi connectivity index (χ2v) is 5.44. The Labute approximate surface area is 139 Å². The zero-order valence-corrected chi connectivity index (χ0v) is 13.6. The highest BCUT2D eigenvalue weighted by molar-refractivity contribution is 5.79. The number of aryl methyl sites for hydroxylation is 3. The van der Waals surface area contributed by atoms with Gasteiger partial charge in [-0.15, -0.1) is 0 Å². The number of alkyl carbamates (subject to hydrolysis) is 1. The monoisotopic (exact) mass is 328 g/mol. The average molecular weight is 328 g/mol. The molecule has 126 valence electrons. The van der Waals surface area contributed by atoms with Gasteiger partial charge in [-0.2, -0.15) is 4.98 Å². The van der Waals surface area contributed by atoms with Gasteiger partial charge in [0.15, 0.2) is 5.82 Å². The number of rotatable bonds is 7. The zero-order valence-electron chi connectivity index (χ0n) is 13.6. The van der Waals surface area contributed by atoms with Gasteiger partial charge in [-0.3, -0.25) is 0 Å². The Morgan fingerprint density at radius 3 is 3.04 bits per heavy atom. The number of amides is 1. The van der Waals surface area contributed by atoms with E-state index in [2.05, 4.69) is 49.2 Å². The van der Waals surface area contributed by atoms with Crippen LogP contribution in [0.2, 0.25) is 0 Å². The summed E-state index contributed by atoms with van der Waals surface area (Å²) < 4.78 is 11.9. The van der Waals surface area contributed by atoms with E-state index in [1.807, 2.05) is 12.1 Å². The van der Waals surface area contributed by atoms with Gasteiger partial charge in [-0.05, 0) is 23.9 Å². The number of fused-ring (bicyclic) bond motifs is 1. The summed E-state index contributed by atoms with van der Waals surface area (Å²) in [5.41, 5.74) is 1.20. The van der Waals surface area contributed by atoms with E-state index in [0.717, 1.165) is 13.0 Å². The molecule has 7 heteroatoms. The Kier molecular flexibility index (Phi) is 5.10. The van der Waals surface area contributed by atoms with Crippen molar-refractivity contribution in [1.82, 2.24) is 20.0 Å². The van der Waals surface area contributed by atoms with E-state index in [4.69, 9.17) is 4.52 Å². The topological polar surface area (TPSA) is 82.2 Å². The molecule has 1 N–H and O–H groups in total. The molecule has 0 fully saturated rings. The van der Waals surface area contributed by atoms with Crippen LogP contribution in [0, 0.1) is 0 Å². The maximum Gasteiger partial charge on any atom is 0.406 e. The van der Waals surface area contributed by atoms with Crippen molar-refractivity contribution >= 4 is 17.0 Å². The summed E-state index contributed by atoms with van der Waals surface area (Å²) >= 11 is 0. The fourth-order valence-electron chi connectivity index (χ4n) is 2.55. The smallest absolute Gasteiger partial charge is 0.406 e. The number of para-hydroxylation sites is 1. The van der Waals surface area contributed by atoms with Crippen LogP contribution in [0.3, 0.4) is 0 Å². The van der Waals surface area contributed by atoms with E-state index in [1.54, 1.807) is 0 Å². The standard InChI is InChI=1S/C17H20N4O3/c1-23-17(22)18-10-4-7-16-19-15(20-24-16)9-12-21-11-8-13-5-2-3-6-14(13)21/h2-3,5-6,8,11H,4,7,9-10,12H2,1H3,(H,18,22). The van der Waals surface area contributed by atoms with Crippen molar-refractivity contribution in [3.8, 4) is 0 Å². The fraction of sp³-hybridized carbons (Fsp3) is 0.353. The maximum absolute atomic E-state index is 10.9. The van der Waals surface area contributed by atoms with E-state index >= 15 is 0 Å². The largest absolute Gasteiger partial charge is 0.453 e. The summed E-state index contributed by atoms with van der Waals surface area (Å²) in [5.74, 6) is 1.29. The lowest BCUT2D eigenvalue weighted by Crippen LogP contribution is -2.24. The number of carbonyl (C=O) groups excluding carboxylic acids is 1. The highest BCUT2D eigenvalue weighted by Crippen LogP contribution is 2.15. The summed E-state index contributed by atoms with van der Waals surface area (Å²) in [5, 5.41) is 7.86. The van der Waals surface area contributed by atoms with Gasteiger partial charge in [0.2, 0.25) is 5.89 Å². The summed E-state index contributed by atoms with van der Waals surface area (Å²) in [6.45, 7) is 1.32. The first kappa shape index (κ1) is 16.0. The van der Waals surface area contributed by atoms with Crippen molar-refractivity contribution in [2.24, 2.45) is 0 Å². The predicted octanol–water partition coefficient (Wildman–Crippen LogP) is 2.56. The van der Waals surface area contributed by atoms with E-state index in [9.17, 15) is 4.79 Å². The Hall–Kier alpha value is -2.83. The SMILES string of the molecule is COC(=O)NCCCc1nc(CCn2ccc3ccccc32)no1. The van der Waals surface area contributed by atoms with Crippen molar-refractivity contribution < 1.29 is 14.1 Å². The molecule has 1 aromatic carbocycles. The Bertz CT molecular complexity index is 809. The molecule has 0 aliphatic carbocycles. The first-order valence-electron chi connectivity index (χ1n) is 7.93. The molecule has 3 aromatic rings. The third-order valence-electron chi connectivity index (χ3n) is 3.79. The van der Waals surface area contributed by atoms with Gasteiger partial charge in [0, 0.05) is 37.6 Å². The minimum absolute atomic E-state index is 0.430. The van der Waals surface area contributed by atoms with Gasteiger partial charge in [0.25, 0.3) is 0 Å². The van der Waals surface area contributed by atoms with Gasteiger partial charge in [-0.25, -0.2) is 4.79 Å². The lowest BCUT2D eigenvalue weighted by molar-refractivity contribution is 0.171. The molecule has 0 aliphatic rings. The molecule has 0 atom stereocenters. The average Bonchev–Trinajstić information content (AvgIpc) is 3.23. The minimum atomic E-state index is -0.430. The van der Waals surface area contributed by atoms with Crippen LogP contribution in [0.15, 0.2) is 41.1 Å². The summed E-state index contributed by atoms with van der Waals surface area (Å²) in [4.78, 5) is 15.3. The number of nitrogens with one attached hydrogen (secondary N) is 1. The first-order valence-corrected chi connectivity index (χ1v) is 7.93. The first-order chi connectivity index (χ1) is 11.8. The Morgan fingerprint density at radius 2 is 2.17 bits per heavy atom. The van der Waals surface area contributed by atoms with Crippen LogP contribution in [-0.4, -0.2) is 34.5 Å². The lowest BCUT2D eigenvalue weighted by atomic mass is 10.2. The summed E-state index contributed by atoms with van der Waals surface area (Å²) in [6.07, 6.45) is 3.70. The molecule has 0 saturated carbocycles. The maximum atomic E-state index is 10.9. The highest BCUT2D eigenvalue weighted by Gasteiger charge is 2.08. The highest BCUT2D eigenvalue weighted by atomic mass is 16.5. The second kappa shape index (κ2) is 7.63. The van der Waals surface area contributed by atoms with Crippen LogP contribution < -0.4 is 5.32 Å². The van der Waals surface area contributed by atoms with Crippen LogP contribution in [0.25, 0.3) is 10.9 Å². The van der Waals surface area contributed by atoms with E-state index in [-0.39, 0.29) is 0 Å². The van der Waals surface area contributed by atoms with E-state index in [1.165, 1.54) is 18.0 Å². The predicted molar refractivity (Wildman–Crippen MR) is 88.7 cm³/mol. The van der Waals surface area contributed by atoms with Gasteiger partial charge < -0.3 is 19.1 Å². The molecular formula is C17H20N4O3. The third kappa shape index (κ3) is 3.92. The molecular weight excluding hydrogens is 308 g/mol. The Balaban J connectivity index is 1.48. The normalized spacial score (nSPS) is 10.9. The van der Waals surface area contributed by atoms with Crippen molar-refractivity contribution in [2.45, 2.75) is 25.8 Å². The Morgan fingerprint density at radius 1 is 1.29 bits per heavy atom. The third-order valence-corrected chi connectivity index (χ3v) is 3.79. The van der Waals surface area contributed by atoms with E-state index < -0.39 is 6.09 Å². The molecule has 24 heavy (non-hydrogen) atoms. The molecule has 1 amide bonds. The lowest BCUT2D eigenvalue weighted by Gasteiger charge is -2.02. The number of ether oxygens (including phenoxy) is 1. The zero-order chi connectivity index (χ0) is 16.8. The molecule has 0 radical (unpaired) electrons. The molecule has 0 spiro atoms. The van der Waals surface area contributed by atoms with Crippen LogP contribution in [-0.2, 0) is 24.1 Å². The number of hydrogen-bond donors (Lipinski definition) is 1. The number of aromatic nitrogens is 3. The molecule has 2 aromatic heterocycles. The summed E-state index contributed by atoms with van der Waals surface area (Å²) in [6, 6.07) is 10.4.